The number of hydrogen-bond donors (Lipinski definition) is 2. The molecule has 2 heterocycles. The van der Waals surface area contributed by atoms with Crippen molar-refractivity contribution in [3.05, 3.63) is 65.7 Å². The van der Waals surface area contributed by atoms with Crippen LogP contribution in [-0.2, 0) is 9.59 Å². The Kier molecular flexibility index (Phi) is 4.64. The Morgan fingerprint density at radius 1 is 1.15 bits per heavy atom. The Morgan fingerprint density at radius 3 is 2.67 bits per heavy atom. The summed E-state index contributed by atoms with van der Waals surface area (Å²) in [6, 6.07) is 18.9. The van der Waals surface area contributed by atoms with Crippen molar-refractivity contribution in [2.45, 2.75) is 6.42 Å². The van der Waals surface area contributed by atoms with Crippen LogP contribution < -0.4 is 10.6 Å². The van der Waals surface area contributed by atoms with Crippen molar-refractivity contribution >= 4 is 29.2 Å². The maximum absolute atomic E-state index is 12.4. The molecule has 2 N–H and O–H groups in total. The third-order valence-electron chi connectivity index (χ3n) is 4.43. The van der Waals surface area contributed by atoms with E-state index < -0.39 is 0 Å². The van der Waals surface area contributed by atoms with E-state index in [-0.39, 0.29) is 24.2 Å². The lowest BCUT2D eigenvalue weighted by atomic mass is 10.1. The first-order valence-electron chi connectivity index (χ1n) is 8.59. The molecule has 1 aromatic heterocycles. The Morgan fingerprint density at radius 2 is 1.96 bits per heavy atom. The average molecular weight is 381 g/mol. The molecule has 0 radical (unpaired) electrons. The van der Waals surface area contributed by atoms with E-state index in [4.69, 9.17) is 11.6 Å². The van der Waals surface area contributed by atoms with Crippen LogP contribution in [0.3, 0.4) is 0 Å². The second kappa shape index (κ2) is 7.25. The van der Waals surface area contributed by atoms with Crippen LogP contribution >= 0.6 is 11.6 Å². The van der Waals surface area contributed by atoms with Gasteiger partial charge in [0.1, 0.15) is 0 Å². The Bertz CT molecular complexity index is 1000. The van der Waals surface area contributed by atoms with E-state index in [9.17, 15) is 9.59 Å². The van der Waals surface area contributed by atoms with Gasteiger partial charge in [-0.15, -0.1) is 5.10 Å². The molecule has 1 atom stereocenters. The molecule has 7 heteroatoms. The largest absolute Gasteiger partial charge is 0.355 e. The Labute approximate surface area is 161 Å². The molecule has 1 fully saturated rings. The van der Waals surface area contributed by atoms with Gasteiger partial charge >= 0.3 is 0 Å². The molecule has 0 bridgehead atoms. The van der Waals surface area contributed by atoms with Gasteiger partial charge in [-0.3, -0.25) is 9.59 Å². The molecule has 0 aliphatic carbocycles. The summed E-state index contributed by atoms with van der Waals surface area (Å²) in [5.41, 5.74) is 2.56. The van der Waals surface area contributed by atoms with Crippen molar-refractivity contribution in [1.82, 2.24) is 15.1 Å². The van der Waals surface area contributed by atoms with Crippen molar-refractivity contribution in [1.29, 1.82) is 0 Å². The molecule has 1 saturated heterocycles. The van der Waals surface area contributed by atoms with E-state index in [2.05, 4.69) is 15.7 Å². The molecule has 3 aromatic rings. The van der Waals surface area contributed by atoms with Crippen molar-refractivity contribution in [3.8, 4) is 16.9 Å². The predicted molar refractivity (Wildman–Crippen MR) is 104 cm³/mol. The van der Waals surface area contributed by atoms with Crippen LogP contribution in [0, 0.1) is 5.92 Å². The number of hydrogen-bond acceptors (Lipinski definition) is 3. The van der Waals surface area contributed by atoms with Gasteiger partial charge in [0.25, 0.3) is 0 Å². The van der Waals surface area contributed by atoms with E-state index in [1.54, 1.807) is 16.8 Å². The zero-order valence-electron chi connectivity index (χ0n) is 14.4. The van der Waals surface area contributed by atoms with Crippen LogP contribution in [0.1, 0.15) is 6.42 Å². The Hall–Kier alpha value is -3.12. The van der Waals surface area contributed by atoms with Gasteiger partial charge in [-0.25, -0.2) is 4.68 Å². The van der Waals surface area contributed by atoms with Crippen molar-refractivity contribution < 1.29 is 9.59 Å². The molecule has 0 saturated carbocycles. The average Bonchev–Trinajstić information content (AvgIpc) is 3.29. The molecular weight excluding hydrogens is 364 g/mol. The van der Waals surface area contributed by atoms with E-state index >= 15 is 0 Å². The van der Waals surface area contributed by atoms with E-state index in [1.165, 1.54) is 0 Å². The number of anilines is 1. The molecule has 4 rings (SSSR count). The molecule has 1 aliphatic rings. The third-order valence-corrected chi connectivity index (χ3v) is 4.67. The SMILES string of the molecule is O=C1C[C@@H](C(=O)Nc2cc(-c3cccc(Cl)c3)n(-c3ccccc3)n2)CN1. The number of halogens is 1. The van der Waals surface area contributed by atoms with Crippen LogP contribution in [-0.4, -0.2) is 28.1 Å². The van der Waals surface area contributed by atoms with Gasteiger partial charge in [0.15, 0.2) is 5.82 Å². The summed E-state index contributed by atoms with van der Waals surface area (Å²) in [6.07, 6.45) is 0.201. The van der Waals surface area contributed by atoms with E-state index in [0.717, 1.165) is 16.9 Å². The maximum atomic E-state index is 12.4. The lowest BCUT2D eigenvalue weighted by Crippen LogP contribution is -2.24. The summed E-state index contributed by atoms with van der Waals surface area (Å²) in [5, 5.41) is 10.7. The minimum absolute atomic E-state index is 0.107. The number of benzene rings is 2. The number of carbonyl (C=O) groups excluding carboxylic acids is 2. The van der Waals surface area contributed by atoms with Gasteiger partial charge in [-0.2, -0.15) is 0 Å². The summed E-state index contributed by atoms with van der Waals surface area (Å²) in [7, 11) is 0. The van der Waals surface area contributed by atoms with Crippen molar-refractivity contribution in [2.75, 3.05) is 11.9 Å². The maximum Gasteiger partial charge on any atom is 0.230 e. The number of rotatable bonds is 4. The molecule has 27 heavy (non-hydrogen) atoms. The molecule has 136 valence electrons. The second-order valence-corrected chi connectivity index (χ2v) is 6.80. The smallest absolute Gasteiger partial charge is 0.230 e. The summed E-state index contributed by atoms with van der Waals surface area (Å²) in [6.45, 7) is 0.352. The fourth-order valence-corrected chi connectivity index (χ4v) is 3.27. The van der Waals surface area contributed by atoms with Crippen LogP contribution in [0.15, 0.2) is 60.7 Å². The van der Waals surface area contributed by atoms with E-state index in [0.29, 0.717) is 17.4 Å². The Balaban J connectivity index is 1.69. The minimum Gasteiger partial charge on any atom is -0.355 e. The summed E-state index contributed by atoms with van der Waals surface area (Å²) in [5.74, 6) is -0.277. The molecule has 2 aromatic carbocycles. The van der Waals surface area contributed by atoms with Gasteiger partial charge in [0.2, 0.25) is 11.8 Å². The monoisotopic (exact) mass is 380 g/mol. The van der Waals surface area contributed by atoms with Gasteiger partial charge in [-0.1, -0.05) is 41.9 Å². The highest BCUT2D eigenvalue weighted by Gasteiger charge is 2.28. The van der Waals surface area contributed by atoms with Crippen LogP contribution in [0.2, 0.25) is 5.02 Å². The molecule has 1 aliphatic heterocycles. The van der Waals surface area contributed by atoms with Crippen LogP contribution in [0.5, 0.6) is 0 Å². The normalized spacial score (nSPS) is 16.2. The topological polar surface area (TPSA) is 76.0 Å². The highest BCUT2D eigenvalue weighted by atomic mass is 35.5. The fourth-order valence-electron chi connectivity index (χ4n) is 3.08. The zero-order chi connectivity index (χ0) is 18.8. The van der Waals surface area contributed by atoms with Gasteiger partial charge in [-0.05, 0) is 24.3 Å². The third kappa shape index (κ3) is 3.71. The zero-order valence-corrected chi connectivity index (χ0v) is 15.1. The first-order chi connectivity index (χ1) is 13.1. The lowest BCUT2D eigenvalue weighted by molar-refractivity contribution is -0.123. The number of para-hydroxylation sites is 1. The summed E-state index contributed by atoms with van der Waals surface area (Å²) >= 11 is 6.15. The number of carbonyl (C=O) groups is 2. The molecular formula is C20H17ClN4O2. The summed E-state index contributed by atoms with van der Waals surface area (Å²) < 4.78 is 1.76. The first-order valence-corrected chi connectivity index (χ1v) is 8.97. The van der Waals surface area contributed by atoms with Gasteiger partial charge in [0.05, 0.1) is 17.3 Å². The second-order valence-electron chi connectivity index (χ2n) is 6.37. The number of aromatic nitrogens is 2. The molecule has 0 spiro atoms. The first kappa shape index (κ1) is 17.3. The molecule has 6 nitrogen and oxygen atoms in total. The number of nitrogens with one attached hydrogen (secondary N) is 2. The predicted octanol–water partition coefficient (Wildman–Crippen LogP) is 3.27. The summed E-state index contributed by atoms with van der Waals surface area (Å²) in [4.78, 5) is 23.8. The molecule has 0 unspecified atom stereocenters. The highest BCUT2D eigenvalue weighted by molar-refractivity contribution is 6.30. The van der Waals surface area contributed by atoms with Gasteiger partial charge < -0.3 is 10.6 Å². The van der Waals surface area contributed by atoms with Gasteiger partial charge in [0, 0.05) is 29.6 Å². The lowest BCUT2D eigenvalue weighted by Gasteiger charge is -2.07. The van der Waals surface area contributed by atoms with Crippen LogP contribution in [0.4, 0.5) is 5.82 Å². The number of nitrogens with zero attached hydrogens (tertiary/aromatic N) is 2. The number of amides is 2. The van der Waals surface area contributed by atoms with Crippen molar-refractivity contribution in [3.63, 3.8) is 0 Å². The highest BCUT2D eigenvalue weighted by Crippen LogP contribution is 2.28. The molecule has 2 amide bonds. The van der Waals surface area contributed by atoms with E-state index in [1.807, 2.05) is 48.5 Å². The van der Waals surface area contributed by atoms with Crippen LogP contribution in [0.25, 0.3) is 16.9 Å². The standard InChI is InChI=1S/C20H17ClN4O2/c21-15-6-4-5-13(9-15)17-11-18(23-20(27)14-10-19(26)22-12-14)24-25(17)16-7-2-1-3-8-16/h1-9,11,14H,10,12H2,(H,22,26)(H,23,24,27)/t14-/m1/s1. The fraction of sp³-hybridized carbons (Fsp3) is 0.150. The minimum atomic E-state index is -0.381. The quantitative estimate of drug-likeness (QED) is 0.729. The van der Waals surface area contributed by atoms with Crippen molar-refractivity contribution in [2.24, 2.45) is 5.92 Å².